The molecule has 1 aromatic carbocycles. The average molecular weight is 230 g/mol. The van der Waals surface area contributed by atoms with Gasteiger partial charge in [0.15, 0.2) is 0 Å². The van der Waals surface area contributed by atoms with Crippen LogP contribution in [0.4, 0.5) is 0 Å². The predicted molar refractivity (Wildman–Crippen MR) is 64.7 cm³/mol. The molecule has 1 aliphatic rings. The molecule has 0 saturated heterocycles. The van der Waals surface area contributed by atoms with Gasteiger partial charge in [0.2, 0.25) is 5.60 Å². The van der Waals surface area contributed by atoms with Crippen LogP contribution < -0.4 is 4.74 Å². The van der Waals surface area contributed by atoms with Gasteiger partial charge in [-0.25, -0.2) is 4.79 Å². The molecule has 0 N–H and O–H groups in total. The van der Waals surface area contributed by atoms with Crippen molar-refractivity contribution in [2.24, 2.45) is 0 Å². The summed E-state index contributed by atoms with van der Waals surface area (Å²) in [5.41, 5.74) is -1.04. The van der Waals surface area contributed by atoms with Gasteiger partial charge in [-0.15, -0.1) is 0 Å². The fourth-order valence-electron chi connectivity index (χ4n) is 1.74. The fraction of sp³-hybridized carbons (Fsp3) is 0.214. The van der Waals surface area contributed by atoms with E-state index in [9.17, 15) is 4.79 Å². The fourth-order valence-corrected chi connectivity index (χ4v) is 1.74. The van der Waals surface area contributed by atoms with Crippen molar-refractivity contribution < 1.29 is 14.3 Å². The monoisotopic (exact) mass is 230 g/mol. The second-order valence-electron chi connectivity index (χ2n) is 3.79. The Morgan fingerprint density at radius 3 is 2.59 bits per heavy atom. The van der Waals surface area contributed by atoms with Crippen LogP contribution in [0.25, 0.3) is 0 Å². The first-order chi connectivity index (χ1) is 8.27. The van der Waals surface area contributed by atoms with E-state index in [0.29, 0.717) is 12.2 Å². The van der Waals surface area contributed by atoms with Crippen LogP contribution in [0.3, 0.4) is 0 Å². The summed E-state index contributed by atoms with van der Waals surface area (Å²) in [7, 11) is 1.37. The molecule has 3 heteroatoms. The zero-order valence-corrected chi connectivity index (χ0v) is 9.63. The normalized spacial score (nSPS) is 22.2. The molecule has 0 aliphatic heterocycles. The molecule has 0 bridgehead atoms. The maximum atomic E-state index is 11.9. The van der Waals surface area contributed by atoms with E-state index in [1.54, 1.807) is 12.2 Å². The van der Waals surface area contributed by atoms with Gasteiger partial charge in [0.25, 0.3) is 0 Å². The molecule has 0 aromatic heterocycles. The van der Waals surface area contributed by atoms with Crippen LogP contribution >= 0.6 is 0 Å². The van der Waals surface area contributed by atoms with Gasteiger partial charge in [-0.2, -0.15) is 0 Å². The van der Waals surface area contributed by atoms with E-state index in [1.165, 1.54) is 7.11 Å². The molecule has 0 spiro atoms. The number of carbonyl (C=O) groups excluding carboxylic acids is 1. The molecule has 1 aromatic rings. The molecular formula is C14H14O3. The minimum Gasteiger partial charge on any atom is -0.471 e. The van der Waals surface area contributed by atoms with Crippen LogP contribution in [0.2, 0.25) is 0 Å². The van der Waals surface area contributed by atoms with Crippen LogP contribution in [0.5, 0.6) is 5.75 Å². The van der Waals surface area contributed by atoms with Crippen molar-refractivity contribution in [2.75, 3.05) is 7.11 Å². The van der Waals surface area contributed by atoms with Crippen molar-refractivity contribution in [1.82, 2.24) is 0 Å². The highest BCUT2D eigenvalue weighted by Gasteiger charge is 2.39. The molecule has 3 nitrogen and oxygen atoms in total. The lowest BCUT2D eigenvalue weighted by atomic mass is 9.95. The summed E-state index contributed by atoms with van der Waals surface area (Å²) in [6.07, 6.45) is 7.77. The van der Waals surface area contributed by atoms with Crippen molar-refractivity contribution in [3.63, 3.8) is 0 Å². The Morgan fingerprint density at radius 2 is 2.00 bits per heavy atom. The third kappa shape index (κ3) is 2.38. The maximum absolute atomic E-state index is 11.9. The van der Waals surface area contributed by atoms with Crippen molar-refractivity contribution in [3.8, 4) is 5.75 Å². The van der Waals surface area contributed by atoms with E-state index in [4.69, 9.17) is 9.47 Å². The third-order valence-electron chi connectivity index (χ3n) is 2.61. The first-order valence-electron chi connectivity index (χ1n) is 5.44. The van der Waals surface area contributed by atoms with Crippen LogP contribution in [0, 0.1) is 0 Å². The number of para-hydroxylation sites is 1. The summed E-state index contributed by atoms with van der Waals surface area (Å²) in [6, 6.07) is 9.26. The Hall–Kier alpha value is -2.03. The minimum atomic E-state index is -1.04. The number of methoxy groups -OCH3 is 1. The average Bonchev–Trinajstić information content (AvgIpc) is 2.40. The first kappa shape index (κ1) is 11.5. The van der Waals surface area contributed by atoms with Crippen LogP contribution in [-0.4, -0.2) is 18.7 Å². The SMILES string of the molecule is COC(=O)C1(Oc2ccccc2)C=CC=CC1. The van der Waals surface area contributed by atoms with Crippen molar-refractivity contribution >= 4 is 5.97 Å². The molecular weight excluding hydrogens is 216 g/mol. The zero-order valence-electron chi connectivity index (χ0n) is 9.63. The van der Waals surface area contributed by atoms with E-state index in [-0.39, 0.29) is 5.97 Å². The van der Waals surface area contributed by atoms with E-state index in [0.717, 1.165) is 0 Å². The smallest absolute Gasteiger partial charge is 0.354 e. The number of carbonyl (C=O) groups is 1. The standard InChI is InChI=1S/C14H14O3/c1-16-13(15)14(10-6-3-7-11-14)17-12-8-4-2-5-9-12/h2-10H,11H2,1H3. The molecule has 0 heterocycles. The molecule has 0 amide bonds. The Balaban J connectivity index is 2.26. The summed E-state index contributed by atoms with van der Waals surface area (Å²) >= 11 is 0. The van der Waals surface area contributed by atoms with Gasteiger partial charge in [-0.3, -0.25) is 0 Å². The highest BCUT2D eigenvalue weighted by atomic mass is 16.6. The summed E-state index contributed by atoms with van der Waals surface area (Å²) in [5, 5.41) is 0. The Morgan fingerprint density at radius 1 is 1.24 bits per heavy atom. The van der Waals surface area contributed by atoms with Gasteiger partial charge >= 0.3 is 5.97 Å². The Bertz CT molecular complexity index is 448. The maximum Gasteiger partial charge on any atom is 0.354 e. The van der Waals surface area contributed by atoms with Gasteiger partial charge in [-0.1, -0.05) is 36.4 Å². The lowest BCUT2D eigenvalue weighted by Crippen LogP contribution is -2.44. The predicted octanol–water partition coefficient (Wildman–Crippen LogP) is 2.49. The first-order valence-corrected chi connectivity index (χ1v) is 5.44. The Labute approximate surface area is 100 Å². The lowest BCUT2D eigenvalue weighted by molar-refractivity contribution is -0.154. The van der Waals surface area contributed by atoms with Crippen molar-refractivity contribution in [2.45, 2.75) is 12.0 Å². The molecule has 0 saturated carbocycles. The van der Waals surface area contributed by atoms with E-state index in [1.807, 2.05) is 42.5 Å². The summed E-state index contributed by atoms with van der Waals surface area (Å²) in [5.74, 6) is 0.264. The largest absolute Gasteiger partial charge is 0.471 e. The van der Waals surface area contributed by atoms with E-state index < -0.39 is 5.60 Å². The number of hydrogen-bond acceptors (Lipinski definition) is 3. The Kier molecular flexibility index (Phi) is 3.28. The lowest BCUT2D eigenvalue weighted by Gasteiger charge is -2.29. The molecule has 2 rings (SSSR count). The highest BCUT2D eigenvalue weighted by Crippen LogP contribution is 2.27. The van der Waals surface area contributed by atoms with E-state index in [2.05, 4.69) is 0 Å². The molecule has 0 radical (unpaired) electrons. The molecule has 1 atom stereocenters. The number of ether oxygens (including phenoxy) is 2. The quantitative estimate of drug-likeness (QED) is 0.748. The number of benzene rings is 1. The van der Waals surface area contributed by atoms with Gasteiger partial charge in [0.1, 0.15) is 5.75 Å². The molecule has 1 unspecified atom stereocenters. The van der Waals surface area contributed by atoms with Crippen molar-refractivity contribution in [3.05, 3.63) is 54.6 Å². The molecule has 17 heavy (non-hydrogen) atoms. The van der Waals surface area contributed by atoms with Gasteiger partial charge in [0, 0.05) is 6.42 Å². The van der Waals surface area contributed by atoms with Crippen LogP contribution in [0.1, 0.15) is 6.42 Å². The number of esters is 1. The van der Waals surface area contributed by atoms with Crippen LogP contribution in [0.15, 0.2) is 54.6 Å². The van der Waals surface area contributed by atoms with Crippen LogP contribution in [-0.2, 0) is 9.53 Å². The zero-order chi connectivity index (χ0) is 12.1. The summed E-state index contributed by atoms with van der Waals surface area (Å²) < 4.78 is 10.6. The van der Waals surface area contributed by atoms with Gasteiger partial charge < -0.3 is 9.47 Å². The van der Waals surface area contributed by atoms with Crippen molar-refractivity contribution in [1.29, 1.82) is 0 Å². The number of rotatable bonds is 3. The summed E-state index contributed by atoms with van der Waals surface area (Å²) in [6.45, 7) is 0. The minimum absolute atomic E-state index is 0.387. The molecule has 88 valence electrons. The number of allylic oxidation sites excluding steroid dienone is 2. The second kappa shape index (κ2) is 4.87. The number of hydrogen-bond donors (Lipinski definition) is 0. The summed E-state index contributed by atoms with van der Waals surface area (Å²) in [4.78, 5) is 11.9. The van der Waals surface area contributed by atoms with E-state index >= 15 is 0 Å². The second-order valence-corrected chi connectivity index (χ2v) is 3.79. The third-order valence-corrected chi connectivity index (χ3v) is 2.61. The molecule has 0 fully saturated rings. The molecule has 1 aliphatic carbocycles. The highest BCUT2D eigenvalue weighted by molar-refractivity contribution is 5.83. The topological polar surface area (TPSA) is 35.5 Å². The van der Waals surface area contributed by atoms with Gasteiger partial charge in [0.05, 0.1) is 7.11 Å². The van der Waals surface area contributed by atoms with Gasteiger partial charge in [-0.05, 0) is 18.2 Å².